The van der Waals surface area contributed by atoms with Crippen molar-refractivity contribution in [2.75, 3.05) is 5.32 Å². The number of para-hydroxylation sites is 1. The molecule has 5 nitrogen and oxygen atoms in total. The van der Waals surface area contributed by atoms with E-state index in [1.54, 1.807) is 30.6 Å². The average Bonchev–Trinajstić information content (AvgIpc) is 3.15. The molecule has 0 saturated heterocycles. The molecule has 0 aliphatic carbocycles. The fraction of sp³-hybridized carbons (Fsp3) is 0.125. The second-order valence-electron chi connectivity index (χ2n) is 5.09. The lowest BCUT2D eigenvalue weighted by Gasteiger charge is -2.08. The smallest absolute Gasteiger partial charge is 0.387 e. The summed E-state index contributed by atoms with van der Waals surface area (Å²) in [4.78, 5) is 16.6. The molecule has 0 saturated carbocycles. The number of nitrogens with one attached hydrogen (secondary N) is 1. The maximum absolute atomic E-state index is 12.5. The van der Waals surface area contributed by atoms with Crippen LogP contribution >= 0.6 is 34.5 Å². The predicted octanol–water partition coefficient (Wildman–Crippen LogP) is 5.31. The normalized spacial score (nSPS) is 11.0. The van der Waals surface area contributed by atoms with Crippen molar-refractivity contribution in [3.63, 3.8) is 0 Å². The molecule has 26 heavy (non-hydrogen) atoms. The summed E-state index contributed by atoms with van der Waals surface area (Å²) in [5.41, 5.74) is 1.07. The van der Waals surface area contributed by atoms with Gasteiger partial charge in [-0.25, -0.2) is 4.98 Å². The molecule has 0 aliphatic heterocycles. The van der Waals surface area contributed by atoms with E-state index in [0.29, 0.717) is 16.4 Å². The van der Waals surface area contributed by atoms with Gasteiger partial charge >= 0.3 is 6.61 Å². The molecular formula is C16H11Cl2F2N3O2S. The lowest BCUT2D eigenvalue weighted by molar-refractivity contribution is -0.0494. The predicted molar refractivity (Wildman–Crippen MR) is 97.6 cm³/mol. The topological polar surface area (TPSA) is 56.2 Å². The molecule has 2 heterocycles. The van der Waals surface area contributed by atoms with Gasteiger partial charge in [-0.3, -0.25) is 10.1 Å². The van der Waals surface area contributed by atoms with Gasteiger partial charge in [0.2, 0.25) is 0 Å². The molecule has 3 aromatic rings. The maximum Gasteiger partial charge on any atom is 0.387 e. The summed E-state index contributed by atoms with van der Waals surface area (Å²) in [6.07, 6.45) is 0. The Labute approximate surface area is 161 Å². The van der Waals surface area contributed by atoms with Gasteiger partial charge in [0.25, 0.3) is 5.91 Å². The lowest BCUT2D eigenvalue weighted by Crippen LogP contribution is -2.15. The largest absolute Gasteiger partial charge is 0.434 e. The van der Waals surface area contributed by atoms with Crippen molar-refractivity contribution in [3.05, 3.63) is 51.6 Å². The number of amides is 1. The first-order chi connectivity index (χ1) is 12.4. The van der Waals surface area contributed by atoms with Crippen molar-refractivity contribution in [2.24, 2.45) is 7.05 Å². The van der Waals surface area contributed by atoms with Crippen molar-refractivity contribution in [3.8, 4) is 17.0 Å². The van der Waals surface area contributed by atoms with Gasteiger partial charge in [-0.05, 0) is 18.2 Å². The van der Waals surface area contributed by atoms with E-state index in [4.69, 9.17) is 23.2 Å². The molecule has 10 heteroatoms. The second kappa shape index (κ2) is 7.61. The molecule has 3 rings (SSSR count). The molecular weight excluding hydrogens is 407 g/mol. The summed E-state index contributed by atoms with van der Waals surface area (Å²) in [5.74, 6) is -0.439. The highest BCUT2D eigenvalue weighted by atomic mass is 35.5. The lowest BCUT2D eigenvalue weighted by atomic mass is 10.1. The van der Waals surface area contributed by atoms with Gasteiger partial charge in [-0.2, -0.15) is 8.78 Å². The van der Waals surface area contributed by atoms with Crippen LogP contribution in [0.4, 0.5) is 13.9 Å². The zero-order valence-corrected chi connectivity index (χ0v) is 15.5. The molecule has 136 valence electrons. The third kappa shape index (κ3) is 3.82. The molecule has 0 atom stereocenters. The Kier molecular flexibility index (Phi) is 5.45. The van der Waals surface area contributed by atoms with Crippen LogP contribution in [-0.4, -0.2) is 22.1 Å². The molecule has 0 aliphatic rings. The molecule has 0 spiro atoms. The number of benzene rings is 1. The number of nitrogens with zero attached hydrogens (tertiary/aromatic N) is 2. The van der Waals surface area contributed by atoms with E-state index < -0.39 is 12.5 Å². The van der Waals surface area contributed by atoms with Crippen LogP contribution in [0.15, 0.2) is 35.7 Å². The minimum Gasteiger partial charge on any atom is -0.434 e. The molecule has 0 radical (unpaired) electrons. The number of rotatable bonds is 5. The number of ether oxygens (including phenoxy) is 1. The van der Waals surface area contributed by atoms with Crippen LogP contribution < -0.4 is 10.1 Å². The van der Waals surface area contributed by atoms with Gasteiger partial charge in [-0.1, -0.05) is 35.3 Å². The van der Waals surface area contributed by atoms with Gasteiger partial charge in [0.1, 0.15) is 16.6 Å². The molecule has 2 aromatic heterocycles. The van der Waals surface area contributed by atoms with Crippen molar-refractivity contribution >= 4 is 45.6 Å². The Hall–Kier alpha value is -2.16. The van der Waals surface area contributed by atoms with E-state index in [9.17, 15) is 13.6 Å². The standard InChI is InChI=1S/C16H11Cl2F2N3O2S/c1-23-11(6-9(17)13(23)18)14(24)22-16-21-10(7-26-16)8-4-2-3-5-12(8)25-15(19)20/h2-7,15H,1H3,(H,21,22,24). The summed E-state index contributed by atoms with van der Waals surface area (Å²) in [7, 11) is 1.61. The maximum atomic E-state index is 12.5. The summed E-state index contributed by atoms with van der Waals surface area (Å²) in [6.45, 7) is -2.94. The molecule has 1 amide bonds. The van der Waals surface area contributed by atoms with Gasteiger partial charge in [0.05, 0.1) is 10.7 Å². The number of alkyl halides is 2. The monoisotopic (exact) mass is 417 g/mol. The number of thiazole rings is 1. The van der Waals surface area contributed by atoms with Crippen LogP contribution in [0.5, 0.6) is 5.75 Å². The zero-order valence-electron chi connectivity index (χ0n) is 13.2. The number of halogens is 4. The number of carbonyl (C=O) groups is 1. The highest BCUT2D eigenvalue weighted by Crippen LogP contribution is 2.33. The zero-order chi connectivity index (χ0) is 18.8. The number of hydrogen-bond acceptors (Lipinski definition) is 4. The first kappa shape index (κ1) is 18.6. The van der Waals surface area contributed by atoms with Crippen LogP contribution in [0.25, 0.3) is 11.3 Å². The van der Waals surface area contributed by atoms with Crippen LogP contribution in [0.1, 0.15) is 10.5 Å². The quantitative estimate of drug-likeness (QED) is 0.611. The fourth-order valence-electron chi connectivity index (χ4n) is 2.25. The van der Waals surface area contributed by atoms with E-state index in [1.165, 1.54) is 16.7 Å². The Morgan fingerprint density at radius 1 is 1.35 bits per heavy atom. The molecule has 0 fully saturated rings. The third-order valence-corrected chi connectivity index (χ3v) is 5.05. The third-order valence-electron chi connectivity index (χ3n) is 3.45. The number of anilines is 1. The Morgan fingerprint density at radius 3 is 2.73 bits per heavy atom. The number of carbonyl (C=O) groups excluding carboxylic acids is 1. The minimum atomic E-state index is -2.94. The highest BCUT2D eigenvalue weighted by molar-refractivity contribution is 7.14. The van der Waals surface area contributed by atoms with Crippen LogP contribution in [-0.2, 0) is 7.05 Å². The molecule has 1 N–H and O–H groups in total. The van der Waals surface area contributed by atoms with E-state index in [2.05, 4.69) is 15.0 Å². The van der Waals surface area contributed by atoms with E-state index >= 15 is 0 Å². The van der Waals surface area contributed by atoms with Gasteiger partial charge in [0.15, 0.2) is 5.13 Å². The van der Waals surface area contributed by atoms with Crippen molar-refractivity contribution < 1.29 is 18.3 Å². The van der Waals surface area contributed by atoms with Crippen molar-refractivity contribution in [2.45, 2.75) is 6.61 Å². The van der Waals surface area contributed by atoms with Gasteiger partial charge in [0, 0.05) is 18.0 Å². The summed E-state index contributed by atoms with van der Waals surface area (Å²) in [5, 5.41) is 5.07. The fourth-order valence-corrected chi connectivity index (χ4v) is 3.33. The van der Waals surface area contributed by atoms with Crippen LogP contribution in [0.3, 0.4) is 0 Å². The first-order valence-corrected chi connectivity index (χ1v) is 8.82. The molecule has 1 aromatic carbocycles. The van der Waals surface area contributed by atoms with Gasteiger partial charge < -0.3 is 9.30 Å². The highest BCUT2D eigenvalue weighted by Gasteiger charge is 2.18. The van der Waals surface area contributed by atoms with E-state index in [1.807, 2.05) is 0 Å². The van der Waals surface area contributed by atoms with Gasteiger partial charge in [-0.15, -0.1) is 11.3 Å². The Morgan fingerprint density at radius 2 is 2.08 bits per heavy atom. The Bertz CT molecular complexity index is 959. The van der Waals surface area contributed by atoms with Crippen LogP contribution in [0.2, 0.25) is 10.2 Å². The van der Waals surface area contributed by atoms with Crippen molar-refractivity contribution in [1.82, 2.24) is 9.55 Å². The minimum absolute atomic E-state index is 0.00618. The van der Waals surface area contributed by atoms with Crippen LogP contribution in [0, 0.1) is 0 Å². The SMILES string of the molecule is Cn1c(C(=O)Nc2nc(-c3ccccc3OC(F)F)cs2)cc(Cl)c1Cl. The second-order valence-corrected chi connectivity index (χ2v) is 6.72. The summed E-state index contributed by atoms with van der Waals surface area (Å²) in [6, 6.07) is 7.74. The summed E-state index contributed by atoms with van der Waals surface area (Å²) >= 11 is 13.0. The van der Waals surface area contributed by atoms with Crippen molar-refractivity contribution in [1.29, 1.82) is 0 Å². The molecule has 0 bridgehead atoms. The number of hydrogen-bond donors (Lipinski definition) is 1. The molecule has 0 unspecified atom stereocenters. The summed E-state index contributed by atoms with van der Waals surface area (Å²) < 4.78 is 31.0. The average molecular weight is 418 g/mol. The number of aromatic nitrogens is 2. The van der Waals surface area contributed by atoms with E-state index in [-0.39, 0.29) is 21.6 Å². The van der Waals surface area contributed by atoms with E-state index in [0.717, 1.165) is 11.3 Å². The Balaban J connectivity index is 1.83. The first-order valence-electron chi connectivity index (χ1n) is 7.18.